The molecule has 0 saturated heterocycles. The second-order valence-corrected chi connectivity index (χ2v) is 8.79. The highest BCUT2D eigenvalue weighted by molar-refractivity contribution is 7.89. The molecule has 0 spiro atoms. The smallest absolute Gasteiger partial charge is 0.253 e. The number of hydrogen-bond acceptors (Lipinski definition) is 3. The first-order chi connectivity index (χ1) is 13.7. The number of carbonyl (C=O) groups excluding carboxylic acids is 1. The Morgan fingerprint density at radius 2 is 1.69 bits per heavy atom. The van der Waals surface area contributed by atoms with E-state index in [0.717, 1.165) is 22.6 Å². The average molecular weight is 432 g/mol. The molecule has 1 amide bonds. The van der Waals surface area contributed by atoms with Crippen molar-refractivity contribution >= 4 is 27.5 Å². The number of carbonyl (C=O) groups is 1. The van der Waals surface area contributed by atoms with Crippen LogP contribution in [0.3, 0.4) is 0 Å². The molecule has 6 nitrogen and oxygen atoms in total. The van der Waals surface area contributed by atoms with E-state index in [-0.39, 0.29) is 10.8 Å². The molecule has 0 saturated carbocycles. The summed E-state index contributed by atoms with van der Waals surface area (Å²) in [5, 5.41) is 8.67. The van der Waals surface area contributed by atoms with E-state index in [2.05, 4.69) is 5.32 Å². The lowest BCUT2D eigenvalue weighted by Crippen LogP contribution is -2.26. The third kappa shape index (κ3) is 4.87. The number of nitrogens with one attached hydrogen (secondary N) is 1. The number of halogens is 1. The van der Waals surface area contributed by atoms with Crippen LogP contribution in [0.15, 0.2) is 59.5 Å². The Hall–Kier alpha value is -2.61. The van der Waals surface area contributed by atoms with E-state index < -0.39 is 10.0 Å². The number of benzene rings is 2. The summed E-state index contributed by atoms with van der Waals surface area (Å²) >= 11 is 5.96. The third-order valence-electron chi connectivity index (χ3n) is 4.71. The number of primary sulfonamides is 1. The van der Waals surface area contributed by atoms with Crippen molar-refractivity contribution in [1.82, 2.24) is 9.88 Å². The molecule has 0 bridgehead atoms. The highest BCUT2D eigenvalue weighted by Crippen LogP contribution is 2.22. The molecule has 8 heteroatoms. The van der Waals surface area contributed by atoms with Gasteiger partial charge in [-0.1, -0.05) is 23.7 Å². The molecule has 0 aliphatic carbocycles. The van der Waals surface area contributed by atoms with Crippen LogP contribution in [0.4, 0.5) is 0 Å². The molecular formula is C21H22ClN3O3S. The number of sulfonamides is 1. The van der Waals surface area contributed by atoms with Crippen LogP contribution < -0.4 is 10.5 Å². The molecule has 1 aromatic heterocycles. The summed E-state index contributed by atoms with van der Waals surface area (Å²) in [5.74, 6) is -0.153. The normalized spacial score (nSPS) is 11.4. The molecule has 0 atom stereocenters. The maximum absolute atomic E-state index is 12.7. The van der Waals surface area contributed by atoms with Gasteiger partial charge in [0.2, 0.25) is 10.0 Å². The first-order valence-electron chi connectivity index (χ1n) is 9.01. The molecule has 1 heterocycles. The van der Waals surface area contributed by atoms with Crippen molar-refractivity contribution in [3.05, 3.63) is 82.1 Å². The van der Waals surface area contributed by atoms with Gasteiger partial charge >= 0.3 is 0 Å². The molecule has 2 aromatic carbocycles. The molecule has 152 valence electrons. The fourth-order valence-electron chi connectivity index (χ4n) is 3.24. The summed E-state index contributed by atoms with van der Waals surface area (Å²) in [6.07, 6.45) is 0.576. The standard InChI is InChI=1S/C21H22ClN3O3S/c1-14-13-20(15(2)25(14)18-7-5-17(22)6-8-18)21(26)24-12-11-16-3-9-19(10-4-16)29(23,27)28/h3-10,13H,11-12H2,1-2H3,(H,24,26)(H2,23,27,28). The lowest BCUT2D eigenvalue weighted by Gasteiger charge is -2.10. The van der Waals surface area contributed by atoms with Crippen LogP contribution in [-0.4, -0.2) is 25.4 Å². The maximum Gasteiger partial charge on any atom is 0.253 e. The fourth-order valence-corrected chi connectivity index (χ4v) is 3.88. The zero-order chi connectivity index (χ0) is 21.2. The molecule has 0 radical (unpaired) electrons. The van der Waals surface area contributed by atoms with E-state index in [9.17, 15) is 13.2 Å². The minimum absolute atomic E-state index is 0.0694. The largest absolute Gasteiger partial charge is 0.352 e. The molecule has 3 rings (SSSR count). The number of nitrogens with zero attached hydrogens (tertiary/aromatic N) is 1. The van der Waals surface area contributed by atoms with Crippen LogP contribution in [-0.2, 0) is 16.4 Å². The Labute approximate surface area is 175 Å². The van der Waals surface area contributed by atoms with Crippen LogP contribution in [0, 0.1) is 13.8 Å². The predicted molar refractivity (Wildman–Crippen MR) is 114 cm³/mol. The van der Waals surface area contributed by atoms with Crippen LogP contribution in [0.25, 0.3) is 5.69 Å². The predicted octanol–water partition coefficient (Wildman–Crippen LogP) is 3.37. The van der Waals surface area contributed by atoms with E-state index in [0.29, 0.717) is 23.6 Å². The van der Waals surface area contributed by atoms with Crippen LogP contribution in [0.1, 0.15) is 27.3 Å². The first-order valence-corrected chi connectivity index (χ1v) is 10.9. The molecule has 3 aromatic rings. The van der Waals surface area contributed by atoms with Gasteiger partial charge in [0.1, 0.15) is 0 Å². The number of amides is 1. The molecule has 0 unspecified atom stereocenters. The Balaban J connectivity index is 1.67. The molecule has 0 aliphatic rings. The van der Waals surface area contributed by atoms with Crippen molar-refractivity contribution in [3.63, 3.8) is 0 Å². The Morgan fingerprint density at radius 1 is 1.07 bits per heavy atom. The van der Waals surface area contributed by atoms with Gasteiger partial charge in [-0.3, -0.25) is 4.79 Å². The summed E-state index contributed by atoms with van der Waals surface area (Å²) in [6, 6.07) is 15.6. The van der Waals surface area contributed by atoms with Crippen molar-refractivity contribution < 1.29 is 13.2 Å². The second-order valence-electron chi connectivity index (χ2n) is 6.79. The van der Waals surface area contributed by atoms with Crippen molar-refractivity contribution in [2.24, 2.45) is 5.14 Å². The topological polar surface area (TPSA) is 94.2 Å². The van der Waals surface area contributed by atoms with E-state index in [4.69, 9.17) is 16.7 Å². The SMILES string of the molecule is Cc1cc(C(=O)NCCc2ccc(S(N)(=O)=O)cc2)c(C)n1-c1ccc(Cl)cc1. The Bertz CT molecular complexity index is 1140. The van der Waals surface area contributed by atoms with Crippen LogP contribution >= 0.6 is 11.6 Å². The van der Waals surface area contributed by atoms with Crippen molar-refractivity contribution in [1.29, 1.82) is 0 Å². The van der Waals surface area contributed by atoms with Gasteiger partial charge in [-0.05, 0) is 68.3 Å². The molecule has 0 fully saturated rings. The van der Waals surface area contributed by atoms with Gasteiger partial charge in [0.15, 0.2) is 0 Å². The average Bonchev–Trinajstić information content (AvgIpc) is 2.96. The van der Waals surface area contributed by atoms with Gasteiger partial charge in [0.05, 0.1) is 10.5 Å². The lowest BCUT2D eigenvalue weighted by atomic mass is 10.1. The molecule has 0 aliphatic heterocycles. The van der Waals surface area contributed by atoms with Crippen LogP contribution in [0.5, 0.6) is 0 Å². The lowest BCUT2D eigenvalue weighted by molar-refractivity contribution is 0.0953. The summed E-state index contributed by atoms with van der Waals surface area (Å²) in [4.78, 5) is 12.7. The van der Waals surface area contributed by atoms with Gasteiger partial charge in [-0.25, -0.2) is 13.6 Å². The monoisotopic (exact) mass is 431 g/mol. The molecular weight excluding hydrogens is 410 g/mol. The van der Waals surface area contributed by atoms with Gasteiger partial charge in [-0.2, -0.15) is 0 Å². The quantitative estimate of drug-likeness (QED) is 0.626. The minimum Gasteiger partial charge on any atom is -0.352 e. The number of aromatic nitrogens is 1. The Morgan fingerprint density at radius 3 is 2.28 bits per heavy atom. The van der Waals surface area contributed by atoms with Crippen molar-refractivity contribution in [2.75, 3.05) is 6.54 Å². The number of aryl methyl sites for hydroxylation is 1. The van der Waals surface area contributed by atoms with Gasteiger partial charge in [0.25, 0.3) is 5.91 Å². The van der Waals surface area contributed by atoms with E-state index in [1.165, 1.54) is 12.1 Å². The maximum atomic E-state index is 12.7. The van der Waals surface area contributed by atoms with E-state index in [1.807, 2.05) is 48.7 Å². The number of hydrogen-bond donors (Lipinski definition) is 2. The van der Waals surface area contributed by atoms with Gasteiger partial charge < -0.3 is 9.88 Å². The van der Waals surface area contributed by atoms with Crippen LogP contribution in [0.2, 0.25) is 5.02 Å². The first kappa shape index (κ1) is 21.1. The number of rotatable bonds is 6. The van der Waals surface area contributed by atoms with E-state index in [1.54, 1.807) is 12.1 Å². The molecule has 3 N–H and O–H groups in total. The van der Waals surface area contributed by atoms with Crippen molar-refractivity contribution in [3.8, 4) is 5.69 Å². The Kier molecular flexibility index (Phi) is 6.12. The highest BCUT2D eigenvalue weighted by Gasteiger charge is 2.16. The zero-order valence-electron chi connectivity index (χ0n) is 16.1. The van der Waals surface area contributed by atoms with E-state index >= 15 is 0 Å². The second kappa shape index (κ2) is 8.41. The summed E-state index contributed by atoms with van der Waals surface area (Å²) in [5.41, 5.74) is 4.26. The van der Waals surface area contributed by atoms with Crippen molar-refractivity contribution in [2.45, 2.75) is 25.2 Å². The van der Waals surface area contributed by atoms with Gasteiger partial charge in [-0.15, -0.1) is 0 Å². The van der Waals surface area contributed by atoms with Gasteiger partial charge in [0, 0.05) is 28.6 Å². The summed E-state index contributed by atoms with van der Waals surface area (Å²) in [7, 11) is -3.70. The highest BCUT2D eigenvalue weighted by atomic mass is 35.5. The summed E-state index contributed by atoms with van der Waals surface area (Å²) in [6.45, 7) is 4.28. The third-order valence-corrected chi connectivity index (χ3v) is 5.89. The minimum atomic E-state index is -3.70. The molecule has 29 heavy (non-hydrogen) atoms. The zero-order valence-corrected chi connectivity index (χ0v) is 17.7. The number of nitrogens with two attached hydrogens (primary N) is 1. The summed E-state index contributed by atoms with van der Waals surface area (Å²) < 4.78 is 24.6. The fraction of sp³-hybridized carbons (Fsp3) is 0.190.